The summed E-state index contributed by atoms with van der Waals surface area (Å²) >= 11 is 5.87. The number of phenols is 1. The number of aromatic hydroxyl groups is 1. The highest BCUT2D eigenvalue weighted by molar-refractivity contribution is 6.30. The summed E-state index contributed by atoms with van der Waals surface area (Å²) in [6, 6.07) is 13.5. The van der Waals surface area contributed by atoms with Crippen molar-refractivity contribution in [1.82, 2.24) is 25.6 Å². The molecule has 0 unspecified atom stereocenters. The Hall–Kier alpha value is -4.11. The first-order valence-corrected chi connectivity index (χ1v) is 9.03. The van der Waals surface area contributed by atoms with Gasteiger partial charge in [0.05, 0.1) is 11.6 Å². The first kappa shape index (κ1) is 19.2. The molecule has 0 radical (unpaired) electrons. The van der Waals surface area contributed by atoms with Crippen molar-refractivity contribution in [1.29, 1.82) is 0 Å². The number of rotatable bonds is 4. The molecule has 10 heteroatoms. The third-order valence-corrected chi connectivity index (χ3v) is 4.37. The molecule has 0 fully saturated rings. The van der Waals surface area contributed by atoms with E-state index in [1.165, 1.54) is 30.6 Å². The van der Waals surface area contributed by atoms with Gasteiger partial charge >= 0.3 is 0 Å². The van der Waals surface area contributed by atoms with Crippen molar-refractivity contribution < 1.29 is 9.90 Å². The number of carbonyl (C=O) groups excluding carboxylic acids is 1. The van der Waals surface area contributed by atoms with Crippen LogP contribution in [0, 0.1) is 0 Å². The second kappa shape index (κ2) is 8.10. The third kappa shape index (κ3) is 3.87. The van der Waals surface area contributed by atoms with E-state index < -0.39 is 11.5 Å². The number of hydrogen-bond donors (Lipinski definition) is 3. The predicted molar refractivity (Wildman–Crippen MR) is 112 cm³/mol. The molecule has 0 atom stereocenters. The number of carbonyl (C=O) groups is 1. The van der Waals surface area contributed by atoms with Crippen LogP contribution in [0.3, 0.4) is 0 Å². The fraction of sp³-hybridized carbons (Fsp3) is 0. The van der Waals surface area contributed by atoms with Crippen molar-refractivity contribution >= 4 is 34.6 Å². The molecule has 0 bridgehead atoms. The van der Waals surface area contributed by atoms with E-state index in [1.54, 1.807) is 0 Å². The lowest BCUT2D eigenvalue weighted by Crippen LogP contribution is -2.23. The number of nitrogens with zero attached hydrogens (tertiary/aromatic N) is 4. The van der Waals surface area contributed by atoms with Gasteiger partial charge in [0, 0.05) is 22.3 Å². The third-order valence-electron chi connectivity index (χ3n) is 4.13. The van der Waals surface area contributed by atoms with Crippen molar-refractivity contribution in [2.24, 2.45) is 5.10 Å². The quantitative estimate of drug-likeness (QED) is 0.343. The summed E-state index contributed by atoms with van der Waals surface area (Å²) in [5.74, 6) is -0.391. The molecule has 2 heterocycles. The Morgan fingerprint density at radius 1 is 1.20 bits per heavy atom. The fourth-order valence-electron chi connectivity index (χ4n) is 2.69. The van der Waals surface area contributed by atoms with Gasteiger partial charge in [0.25, 0.3) is 11.5 Å². The van der Waals surface area contributed by atoms with Crippen LogP contribution in [0.1, 0.15) is 16.1 Å². The predicted octanol–water partition coefficient (Wildman–Crippen LogP) is 2.50. The molecular formula is C20H13ClN6O3. The molecule has 2 aromatic carbocycles. The number of H-pyrrole nitrogens is 1. The van der Waals surface area contributed by atoms with Crippen molar-refractivity contribution in [2.75, 3.05) is 0 Å². The van der Waals surface area contributed by atoms with Gasteiger partial charge in [0.1, 0.15) is 11.3 Å². The molecule has 0 saturated carbocycles. The van der Waals surface area contributed by atoms with Crippen LogP contribution in [0.4, 0.5) is 0 Å². The fourth-order valence-corrected chi connectivity index (χ4v) is 2.87. The van der Waals surface area contributed by atoms with Crippen LogP contribution in [0.2, 0.25) is 5.02 Å². The van der Waals surface area contributed by atoms with Gasteiger partial charge in [-0.1, -0.05) is 41.9 Å². The first-order chi connectivity index (χ1) is 14.5. The molecule has 0 spiro atoms. The summed E-state index contributed by atoms with van der Waals surface area (Å²) in [4.78, 5) is 33.2. The summed E-state index contributed by atoms with van der Waals surface area (Å²) < 4.78 is 0. The molecule has 30 heavy (non-hydrogen) atoms. The molecule has 2 aromatic heterocycles. The number of hydrazone groups is 1. The average Bonchev–Trinajstić information content (AvgIpc) is 2.77. The van der Waals surface area contributed by atoms with Gasteiger partial charge in [0.2, 0.25) is 0 Å². The highest BCUT2D eigenvalue weighted by Crippen LogP contribution is 2.20. The van der Waals surface area contributed by atoms with Gasteiger partial charge in [-0.25, -0.2) is 20.5 Å². The lowest BCUT2D eigenvalue weighted by Gasteiger charge is -2.05. The van der Waals surface area contributed by atoms with Gasteiger partial charge in [0.15, 0.2) is 11.5 Å². The summed E-state index contributed by atoms with van der Waals surface area (Å²) in [7, 11) is 0. The number of aromatic amines is 1. The van der Waals surface area contributed by atoms with Crippen LogP contribution >= 0.6 is 11.6 Å². The number of nitrogens with one attached hydrogen (secondary N) is 2. The monoisotopic (exact) mass is 420 g/mol. The molecule has 1 amide bonds. The van der Waals surface area contributed by atoms with Crippen molar-refractivity contribution in [2.45, 2.75) is 0 Å². The van der Waals surface area contributed by atoms with Gasteiger partial charge in [-0.05, 0) is 18.2 Å². The van der Waals surface area contributed by atoms with E-state index in [2.05, 4.69) is 30.7 Å². The Balaban J connectivity index is 1.64. The Labute approximate surface area is 174 Å². The smallest absolute Gasteiger partial charge is 0.292 e. The molecule has 148 valence electrons. The van der Waals surface area contributed by atoms with Gasteiger partial charge in [-0.15, -0.1) is 0 Å². The van der Waals surface area contributed by atoms with Crippen molar-refractivity contribution in [3.05, 3.63) is 81.4 Å². The number of amides is 1. The standard InChI is InChI=1S/C20H13ClN6O3/c21-13-6-7-15(28)12(8-13)9-23-26-20(30)17-14-10-22-18(11-4-2-1-3-5-11)24-16(14)19(29)27-25-17/h1-10,28H,(H,26,30)(H,27,29)/b23-9+. The number of hydrogen-bond acceptors (Lipinski definition) is 7. The number of fused-ring (bicyclic) bond motifs is 1. The van der Waals surface area contributed by atoms with Gasteiger partial charge < -0.3 is 5.11 Å². The summed E-state index contributed by atoms with van der Waals surface area (Å²) in [6.07, 6.45) is 2.60. The molecule has 9 nitrogen and oxygen atoms in total. The number of benzene rings is 2. The van der Waals surface area contributed by atoms with E-state index in [1.807, 2.05) is 30.3 Å². The summed E-state index contributed by atoms with van der Waals surface area (Å²) in [6.45, 7) is 0. The Morgan fingerprint density at radius 2 is 2.00 bits per heavy atom. The lowest BCUT2D eigenvalue weighted by molar-refractivity contribution is 0.0951. The molecule has 0 aliphatic heterocycles. The summed E-state index contributed by atoms with van der Waals surface area (Å²) in [5, 5.41) is 20.2. The minimum absolute atomic E-state index is 0.0282. The molecular weight excluding hydrogens is 408 g/mol. The minimum atomic E-state index is -0.690. The second-order valence-electron chi connectivity index (χ2n) is 6.13. The van der Waals surface area contributed by atoms with Crippen LogP contribution in [-0.4, -0.2) is 37.4 Å². The summed E-state index contributed by atoms with van der Waals surface area (Å²) in [5.41, 5.74) is 2.72. The molecule has 0 aliphatic carbocycles. The lowest BCUT2D eigenvalue weighted by atomic mass is 10.2. The van der Waals surface area contributed by atoms with E-state index in [0.29, 0.717) is 16.4 Å². The topological polar surface area (TPSA) is 133 Å². The van der Waals surface area contributed by atoms with Crippen LogP contribution in [0.25, 0.3) is 22.3 Å². The largest absolute Gasteiger partial charge is 0.507 e. The minimum Gasteiger partial charge on any atom is -0.507 e. The van der Waals surface area contributed by atoms with E-state index in [-0.39, 0.29) is 22.3 Å². The second-order valence-corrected chi connectivity index (χ2v) is 6.56. The molecule has 4 aromatic rings. The van der Waals surface area contributed by atoms with E-state index >= 15 is 0 Å². The molecule has 0 aliphatic rings. The zero-order valence-corrected chi connectivity index (χ0v) is 16.0. The van der Waals surface area contributed by atoms with Crippen molar-refractivity contribution in [3.63, 3.8) is 0 Å². The van der Waals surface area contributed by atoms with E-state index in [0.717, 1.165) is 5.56 Å². The highest BCUT2D eigenvalue weighted by atomic mass is 35.5. The molecule has 3 N–H and O–H groups in total. The van der Waals surface area contributed by atoms with Crippen LogP contribution in [0.5, 0.6) is 5.75 Å². The Kier molecular flexibility index (Phi) is 5.19. The Morgan fingerprint density at radius 3 is 2.80 bits per heavy atom. The normalized spacial score (nSPS) is 11.1. The zero-order chi connectivity index (χ0) is 21.1. The highest BCUT2D eigenvalue weighted by Gasteiger charge is 2.16. The maximum absolute atomic E-state index is 12.5. The van der Waals surface area contributed by atoms with Crippen LogP contribution < -0.4 is 11.0 Å². The maximum Gasteiger partial charge on any atom is 0.292 e. The zero-order valence-electron chi connectivity index (χ0n) is 15.2. The average molecular weight is 421 g/mol. The SMILES string of the molecule is O=C(N/N=C/c1cc(Cl)ccc1O)c1n[nH]c(=O)c2nc(-c3ccccc3)ncc12. The van der Waals surface area contributed by atoms with Crippen LogP contribution in [0.15, 0.2) is 64.6 Å². The number of halogens is 1. The van der Waals surface area contributed by atoms with Gasteiger partial charge in [-0.3, -0.25) is 9.59 Å². The van der Waals surface area contributed by atoms with E-state index in [9.17, 15) is 14.7 Å². The molecule has 4 rings (SSSR count). The van der Waals surface area contributed by atoms with Gasteiger partial charge in [-0.2, -0.15) is 10.2 Å². The van der Waals surface area contributed by atoms with Crippen molar-refractivity contribution in [3.8, 4) is 17.1 Å². The van der Waals surface area contributed by atoms with E-state index in [4.69, 9.17) is 11.6 Å². The Bertz CT molecular complexity index is 1340. The maximum atomic E-state index is 12.5. The van der Waals surface area contributed by atoms with Crippen LogP contribution in [-0.2, 0) is 0 Å². The number of aromatic nitrogens is 4. The molecule has 0 saturated heterocycles. The number of phenolic OH excluding ortho intramolecular Hbond substituents is 1. The first-order valence-electron chi connectivity index (χ1n) is 8.65.